The van der Waals surface area contributed by atoms with Crippen LogP contribution in [0.25, 0.3) is 0 Å². The van der Waals surface area contributed by atoms with E-state index in [1.807, 2.05) is 7.05 Å². The zero-order chi connectivity index (χ0) is 14.3. The van der Waals surface area contributed by atoms with Crippen molar-refractivity contribution in [1.82, 2.24) is 5.32 Å². The highest BCUT2D eigenvalue weighted by Gasteiger charge is 2.13. The second kappa shape index (κ2) is 13.7. The molecule has 120 valence electrons. The van der Waals surface area contributed by atoms with Crippen molar-refractivity contribution >= 4 is 0 Å². The van der Waals surface area contributed by atoms with Crippen LogP contribution in [-0.4, -0.2) is 72.7 Å². The van der Waals surface area contributed by atoms with E-state index in [2.05, 4.69) is 5.32 Å². The molecule has 1 N–H and O–H groups in total. The summed E-state index contributed by atoms with van der Waals surface area (Å²) in [6, 6.07) is 0. The lowest BCUT2D eigenvalue weighted by Crippen LogP contribution is -2.24. The van der Waals surface area contributed by atoms with Crippen LogP contribution in [0.3, 0.4) is 0 Å². The maximum atomic E-state index is 5.55. The SMILES string of the molecule is CNCCOCCOCCOCCOC1CCCCO1. The summed E-state index contributed by atoms with van der Waals surface area (Å²) in [6.07, 6.45) is 3.30. The minimum atomic E-state index is -0.0293. The Morgan fingerprint density at radius 2 is 1.55 bits per heavy atom. The van der Waals surface area contributed by atoms with Crippen molar-refractivity contribution in [2.75, 3.05) is 66.4 Å². The van der Waals surface area contributed by atoms with E-state index in [9.17, 15) is 0 Å². The third kappa shape index (κ3) is 10.5. The van der Waals surface area contributed by atoms with E-state index >= 15 is 0 Å². The highest BCUT2D eigenvalue weighted by Crippen LogP contribution is 2.13. The second-order valence-corrected chi connectivity index (χ2v) is 4.61. The van der Waals surface area contributed by atoms with Gasteiger partial charge in [0.1, 0.15) is 0 Å². The molecule has 0 amide bonds. The summed E-state index contributed by atoms with van der Waals surface area (Å²) in [5.74, 6) is 0. The molecule has 20 heavy (non-hydrogen) atoms. The molecule has 0 aliphatic carbocycles. The van der Waals surface area contributed by atoms with E-state index < -0.39 is 0 Å². The molecular formula is C14H29NO5. The molecule has 0 aromatic rings. The van der Waals surface area contributed by atoms with Crippen LogP contribution in [0.15, 0.2) is 0 Å². The molecule has 0 bridgehead atoms. The van der Waals surface area contributed by atoms with Gasteiger partial charge in [-0.1, -0.05) is 0 Å². The maximum Gasteiger partial charge on any atom is 0.157 e. The number of nitrogens with one attached hydrogen (secondary N) is 1. The van der Waals surface area contributed by atoms with E-state index in [0.29, 0.717) is 39.6 Å². The predicted molar refractivity (Wildman–Crippen MR) is 75.9 cm³/mol. The Balaban J connectivity index is 1.70. The quantitative estimate of drug-likeness (QED) is 0.507. The standard InChI is InChI=1S/C14H29NO5/c1-15-5-7-16-8-9-17-10-11-18-12-13-20-14-4-2-3-6-19-14/h14-15H,2-13H2,1H3. The lowest BCUT2D eigenvalue weighted by atomic mass is 10.2. The van der Waals surface area contributed by atoms with E-state index in [1.54, 1.807) is 0 Å². The van der Waals surface area contributed by atoms with Crippen molar-refractivity contribution in [2.24, 2.45) is 0 Å². The van der Waals surface area contributed by atoms with E-state index in [0.717, 1.165) is 32.6 Å². The molecule has 0 saturated carbocycles. The number of hydrogen-bond donors (Lipinski definition) is 1. The fourth-order valence-electron chi connectivity index (χ4n) is 1.80. The summed E-state index contributed by atoms with van der Waals surface area (Å²) in [5, 5.41) is 3.02. The van der Waals surface area contributed by atoms with Crippen LogP contribution >= 0.6 is 0 Å². The van der Waals surface area contributed by atoms with Gasteiger partial charge in [0, 0.05) is 13.2 Å². The van der Waals surface area contributed by atoms with Crippen LogP contribution in [0.2, 0.25) is 0 Å². The third-order valence-corrected chi connectivity index (χ3v) is 2.91. The van der Waals surface area contributed by atoms with Crippen molar-refractivity contribution in [2.45, 2.75) is 25.6 Å². The first kappa shape index (κ1) is 17.8. The molecule has 1 unspecified atom stereocenters. The molecule has 0 spiro atoms. The van der Waals surface area contributed by atoms with Gasteiger partial charge in [-0.3, -0.25) is 0 Å². The molecule has 6 nitrogen and oxygen atoms in total. The largest absolute Gasteiger partial charge is 0.378 e. The van der Waals surface area contributed by atoms with Gasteiger partial charge in [-0.15, -0.1) is 0 Å². The number of likely N-dealkylation sites (N-methyl/N-ethyl adjacent to an activating group) is 1. The Bertz CT molecular complexity index is 200. The van der Waals surface area contributed by atoms with Gasteiger partial charge < -0.3 is 29.0 Å². The maximum absolute atomic E-state index is 5.55. The summed E-state index contributed by atoms with van der Waals surface area (Å²) in [7, 11) is 1.90. The zero-order valence-corrected chi connectivity index (χ0v) is 12.6. The average Bonchev–Trinajstić information content (AvgIpc) is 2.49. The first-order chi connectivity index (χ1) is 9.93. The van der Waals surface area contributed by atoms with Gasteiger partial charge in [-0.25, -0.2) is 0 Å². The smallest absolute Gasteiger partial charge is 0.157 e. The van der Waals surface area contributed by atoms with Crippen LogP contribution in [0.1, 0.15) is 19.3 Å². The molecular weight excluding hydrogens is 262 g/mol. The summed E-state index contributed by atoms with van der Waals surface area (Å²) in [5.41, 5.74) is 0. The van der Waals surface area contributed by atoms with Gasteiger partial charge in [0.2, 0.25) is 0 Å². The Hall–Kier alpha value is -0.240. The fraction of sp³-hybridized carbons (Fsp3) is 1.00. The average molecular weight is 291 g/mol. The van der Waals surface area contributed by atoms with Crippen LogP contribution < -0.4 is 5.32 Å². The molecule has 1 fully saturated rings. The van der Waals surface area contributed by atoms with E-state index in [-0.39, 0.29) is 6.29 Å². The Morgan fingerprint density at radius 3 is 2.15 bits per heavy atom. The molecule has 1 heterocycles. The van der Waals surface area contributed by atoms with E-state index in [1.165, 1.54) is 6.42 Å². The van der Waals surface area contributed by atoms with Crippen molar-refractivity contribution in [1.29, 1.82) is 0 Å². The summed E-state index contributed by atoms with van der Waals surface area (Å²) in [4.78, 5) is 0. The fourth-order valence-corrected chi connectivity index (χ4v) is 1.80. The zero-order valence-electron chi connectivity index (χ0n) is 12.6. The minimum absolute atomic E-state index is 0.0293. The lowest BCUT2D eigenvalue weighted by Gasteiger charge is -2.22. The predicted octanol–water partition coefficient (Wildman–Crippen LogP) is 0.799. The Morgan fingerprint density at radius 1 is 0.900 bits per heavy atom. The summed E-state index contributed by atoms with van der Waals surface area (Å²) in [6.45, 7) is 5.99. The lowest BCUT2D eigenvalue weighted by molar-refractivity contribution is -0.169. The van der Waals surface area contributed by atoms with Crippen molar-refractivity contribution in [3.63, 3.8) is 0 Å². The molecule has 1 saturated heterocycles. The molecule has 0 aromatic heterocycles. The Kier molecular flexibility index (Phi) is 12.2. The van der Waals surface area contributed by atoms with Gasteiger partial charge in [0.15, 0.2) is 6.29 Å². The number of ether oxygens (including phenoxy) is 5. The van der Waals surface area contributed by atoms with Gasteiger partial charge >= 0.3 is 0 Å². The normalized spacial score (nSPS) is 19.4. The van der Waals surface area contributed by atoms with Gasteiger partial charge in [-0.05, 0) is 26.3 Å². The Labute approximate surface area is 122 Å². The molecule has 1 aliphatic heterocycles. The van der Waals surface area contributed by atoms with Crippen LogP contribution in [0.5, 0.6) is 0 Å². The topological polar surface area (TPSA) is 58.2 Å². The highest BCUT2D eigenvalue weighted by atomic mass is 16.7. The van der Waals surface area contributed by atoms with Crippen LogP contribution in [0.4, 0.5) is 0 Å². The number of hydrogen-bond acceptors (Lipinski definition) is 6. The summed E-state index contributed by atoms with van der Waals surface area (Å²) < 4.78 is 27.1. The van der Waals surface area contributed by atoms with Crippen LogP contribution in [0, 0.1) is 0 Å². The second-order valence-electron chi connectivity index (χ2n) is 4.61. The first-order valence-corrected chi connectivity index (χ1v) is 7.54. The van der Waals surface area contributed by atoms with E-state index in [4.69, 9.17) is 23.7 Å². The van der Waals surface area contributed by atoms with Crippen molar-refractivity contribution < 1.29 is 23.7 Å². The van der Waals surface area contributed by atoms with Gasteiger partial charge in [0.25, 0.3) is 0 Å². The minimum Gasteiger partial charge on any atom is -0.378 e. The van der Waals surface area contributed by atoms with Gasteiger partial charge in [-0.2, -0.15) is 0 Å². The molecule has 1 aliphatic rings. The third-order valence-electron chi connectivity index (χ3n) is 2.91. The monoisotopic (exact) mass is 291 g/mol. The highest BCUT2D eigenvalue weighted by molar-refractivity contribution is 4.53. The van der Waals surface area contributed by atoms with Gasteiger partial charge in [0.05, 0.1) is 46.2 Å². The molecule has 1 atom stereocenters. The van der Waals surface area contributed by atoms with Crippen LogP contribution in [-0.2, 0) is 23.7 Å². The molecule has 6 heteroatoms. The molecule has 1 rings (SSSR count). The van der Waals surface area contributed by atoms with Crippen molar-refractivity contribution in [3.8, 4) is 0 Å². The van der Waals surface area contributed by atoms with Crippen molar-refractivity contribution in [3.05, 3.63) is 0 Å². The molecule has 0 aromatic carbocycles. The number of rotatable bonds is 13. The first-order valence-electron chi connectivity index (χ1n) is 7.54. The molecule has 0 radical (unpaired) electrons. The summed E-state index contributed by atoms with van der Waals surface area (Å²) >= 11 is 0.